The summed E-state index contributed by atoms with van der Waals surface area (Å²) in [6, 6.07) is 8.72. The lowest BCUT2D eigenvalue weighted by Crippen LogP contribution is -2.63. The first kappa shape index (κ1) is 17.5. The van der Waals surface area contributed by atoms with E-state index in [-0.39, 0.29) is 11.8 Å². The summed E-state index contributed by atoms with van der Waals surface area (Å²) in [6.07, 6.45) is 8.74. The van der Waals surface area contributed by atoms with Crippen LogP contribution in [0, 0.1) is 11.3 Å². The van der Waals surface area contributed by atoms with Crippen LogP contribution in [0.15, 0.2) is 24.3 Å². The van der Waals surface area contributed by atoms with Crippen LogP contribution < -0.4 is 4.74 Å². The second kappa shape index (κ2) is 6.23. The maximum absolute atomic E-state index is 12.5. The second-order valence-corrected chi connectivity index (χ2v) is 9.96. The van der Waals surface area contributed by atoms with Crippen LogP contribution in [0.5, 0.6) is 5.75 Å². The summed E-state index contributed by atoms with van der Waals surface area (Å²) in [4.78, 5) is 14.5. The van der Waals surface area contributed by atoms with Gasteiger partial charge >= 0.3 is 0 Å². The van der Waals surface area contributed by atoms with Crippen LogP contribution in [0.1, 0.15) is 69.8 Å². The molecule has 0 aromatic heterocycles. The van der Waals surface area contributed by atoms with Crippen molar-refractivity contribution in [2.75, 3.05) is 13.1 Å². The SMILES string of the molecule is CC1(O)CC(C(=O)N2CC3(CCC(Oc4ccc(C5CC5)cc4)CC3)C2)C1. The Morgan fingerprint density at radius 3 is 2.26 bits per heavy atom. The number of benzene rings is 1. The van der Waals surface area contributed by atoms with E-state index in [4.69, 9.17) is 4.74 Å². The van der Waals surface area contributed by atoms with Gasteiger partial charge in [0.25, 0.3) is 0 Å². The van der Waals surface area contributed by atoms with Gasteiger partial charge in [-0.05, 0) is 81.9 Å². The van der Waals surface area contributed by atoms with Gasteiger partial charge in [0, 0.05) is 24.4 Å². The molecule has 1 spiro atoms. The van der Waals surface area contributed by atoms with Gasteiger partial charge in [-0.3, -0.25) is 4.79 Å². The summed E-state index contributed by atoms with van der Waals surface area (Å²) in [5, 5.41) is 9.86. The molecule has 146 valence electrons. The number of nitrogens with zero attached hydrogens (tertiary/aromatic N) is 1. The second-order valence-electron chi connectivity index (χ2n) is 9.96. The molecule has 4 nitrogen and oxygen atoms in total. The predicted molar refractivity (Wildman–Crippen MR) is 104 cm³/mol. The monoisotopic (exact) mass is 369 g/mol. The van der Waals surface area contributed by atoms with Gasteiger partial charge in [-0.15, -0.1) is 0 Å². The van der Waals surface area contributed by atoms with Crippen molar-refractivity contribution < 1.29 is 14.6 Å². The largest absolute Gasteiger partial charge is 0.490 e. The lowest BCUT2D eigenvalue weighted by atomic mass is 9.66. The molecule has 1 saturated heterocycles. The summed E-state index contributed by atoms with van der Waals surface area (Å²) >= 11 is 0. The van der Waals surface area contributed by atoms with Crippen LogP contribution in [0.25, 0.3) is 0 Å². The number of ether oxygens (including phenoxy) is 1. The highest BCUT2D eigenvalue weighted by Gasteiger charge is 2.51. The average Bonchev–Trinajstić information content (AvgIpc) is 3.44. The molecule has 1 aromatic rings. The molecular formula is C23H31NO3. The van der Waals surface area contributed by atoms with Gasteiger partial charge in [-0.1, -0.05) is 12.1 Å². The number of hydrogen-bond acceptors (Lipinski definition) is 3. The number of amides is 1. The van der Waals surface area contributed by atoms with Crippen molar-refractivity contribution in [1.82, 2.24) is 4.90 Å². The third-order valence-corrected chi connectivity index (χ3v) is 7.31. The molecule has 4 aliphatic rings. The molecule has 1 aliphatic heterocycles. The fraction of sp³-hybridized carbons (Fsp3) is 0.696. The van der Waals surface area contributed by atoms with Crippen molar-refractivity contribution >= 4 is 5.91 Å². The maximum atomic E-state index is 12.5. The first-order valence-corrected chi connectivity index (χ1v) is 10.7. The molecule has 27 heavy (non-hydrogen) atoms. The highest BCUT2D eigenvalue weighted by atomic mass is 16.5. The van der Waals surface area contributed by atoms with Crippen LogP contribution in [-0.4, -0.2) is 40.7 Å². The van der Waals surface area contributed by atoms with E-state index in [0.717, 1.165) is 50.4 Å². The number of likely N-dealkylation sites (tertiary alicyclic amines) is 1. The van der Waals surface area contributed by atoms with Gasteiger partial charge < -0.3 is 14.7 Å². The number of hydrogen-bond donors (Lipinski definition) is 1. The van der Waals surface area contributed by atoms with E-state index in [9.17, 15) is 9.90 Å². The molecule has 0 radical (unpaired) electrons. The van der Waals surface area contributed by atoms with E-state index in [1.165, 1.54) is 18.4 Å². The molecule has 1 heterocycles. The van der Waals surface area contributed by atoms with E-state index in [0.29, 0.717) is 24.4 Å². The van der Waals surface area contributed by atoms with Crippen molar-refractivity contribution in [3.63, 3.8) is 0 Å². The zero-order valence-corrected chi connectivity index (χ0v) is 16.3. The van der Waals surface area contributed by atoms with E-state index in [1.807, 2.05) is 11.8 Å². The number of carbonyl (C=O) groups excluding carboxylic acids is 1. The van der Waals surface area contributed by atoms with Gasteiger partial charge in [0.2, 0.25) is 5.91 Å². The summed E-state index contributed by atoms with van der Waals surface area (Å²) < 4.78 is 6.23. The Morgan fingerprint density at radius 2 is 1.70 bits per heavy atom. The first-order chi connectivity index (χ1) is 12.9. The third kappa shape index (κ3) is 3.49. The molecule has 3 saturated carbocycles. The Balaban J connectivity index is 1.08. The van der Waals surface area contributed by atoms with E-state index >= 15 is 0 Å². The fourth-order valence-corrected chi connectivity index (χ4v) is 5.42. The van der Waals surface area contributed by atoms with E-state index < -0.39 is 5.60 Å². The lowest BCUT2D eigenvalue weighted by Gasteiger charge is -2.55. The van der Waals surface area contributed by atoms with Crippen molar-refractivity contribution in [3.8, 4) is 5.75 Å². The van der Waals surface area contributed by atoms with Crippen LogP contribution in [0.4, 0.5) is 0 Å². The zero-order chi connectivity index (χ0) is 18.6. The summed E-state index contributed by atoms with van der Waals surface area (Å²) in [5.74, 6) is 2.11. The van der Waals surface area contributed by atoms with Crippen molar-refractivity contribution in [1.29, 1.82) is 0 Å². The van der Waals surface area contributed by atoms with Crippen molar-refractivity contribution in [2.24, 2.45) is 11.3 Å². The van der Waals surface area contributed by atoms with Crippen molar-refractivity contribution in [2.45, 2.75) is 75.9 Å². The number of carbonyl (C=O) groups is 1. The van der Waals surface area contributed by atoms with Gasteiger partial charge in [0.1, 0.15) is 5.75 Å². The Kier molecular flexibility index (Phi) is 4.05. The van der Waals surface area contributed by atoms with Gasteiger partial charge in [0.05, 0.1) is 11.7 Å². The molecule has 1 amide bonds. The summed E-state index contributed by atoms with van der Waals surface area (Å²) in [7, 11) is 0. The molecule has 1 aromatic carbocycles. The van der Waals surface area contributed by atoms with Gasteiger partial charge in [-0.25, -0.2) is 0 Å². The zero-order valence-electron chi connectivity index (χ0n) is 16.3. The Labute approximate surface area is 161 Å². The molecule has 4 fully saturated rings. The van der Waals surface area contributed by atoms with Crippen LogP contribution >= 0.6 is 0 Å². The van der Waals surface area contributed by atoms with E-state index in [1.54, 1.807) is 0 Å². The standard InChI is InChI=1S/C23H31NO3/c1-22(26)12-18(13-22)21(25)24-14-23(15-24)10-8-20(9-11-23)27-19-6-4-17(5-7-19)16-2-3-16/h4-7,16,18,20,26H,2-3,8-15H2,1H3. The highest BCUT2D eigenvalue weighted by molar-refractivity contribution is 5.81. The smallest absolute Gasteiger partial charge is 0.225 e. The average molecular weight is 370 g/mol. The molecule has 0 bridgehead atoms. The first-order valence-electron chi connectivity index (χ1n) is 10.7. The number of rotatable bonds is 4. The molecule has 5 rings (SSSR count). The minimum Gasteiger partial charge on any atom is -0.490 e. The minimum absolute atomic E-state index is 0.0515. The Morgan fingerprint density at radius 1 is 1.07 bits per heavy atom. The van der Waals surface area contributed by atoms with Gasteiger partial charge in [-0.2, -0.15) is 0 Å². The molecule has 3 aliphatic carbocycles. The van der Waals surface area contributed by atoms with E-state index in [2.05, 4.69) is 24.3 Å². The van der Waals surface area contributed by atoms with Crippen LogP contribution in [0.3, 0.4) is 0 Å². The topological polar surface area (TPSA) is 49.8 Å². The normalized spacial score (nSPS) is 32.7. The van der Waals surface area contributed by atoms with Crippen molar-refractivity contribution in [3.05, 3.63) is 29.8 Å². The van der Waals surface area contributed by atoms with Gasteiger partial charge in [0.15, 0.2) is 0 Å². The predicted octanol–water partition coefficient (Wildman–Crippen LogP) is 3.88. The molecule has 4 heteroatoms. The maximum Gasteiger partial charge on any atom is 0.225 e. The summed E-state index contributed by atoms with van der Waals surface area (Å²) in [6.45, 7) is 3.65. The quantitative estimate of drug-likeness (QED) is 0.876. The molecular weight excluding hydrogens is 338 g/mol. The Hall–Kier alpha value is -1.55. The molecule has 0 atom stereocenters. The minimum atomic E-state index is -0.616. The van der Waals surface area contributed by atoms with Crippen LogP contribution in [-0.2, 0) is 4.79 Å². The fourth-order valence-electron chi connectivity index (χ4n) is 5.42. The Bertz CT molecular complexity index is 698. The third-order valence-electron chi connectivity index (χ3n) is 7.31. The molecule has 0 unspecified atom stereocenters. The summed E-state index contributed by atoms with van der Waals surface area (Å²) in [5.41, 5.74) is 1.17. The highest BCUT2D eigenvalue weighted by Crippen LogP contribution is 2.47. The lowest BCUT2D eigenvalue weighted by molar-refractivity contribution is -0.164. The number of aliphatic hydroxyl groups is 1. The van der Waals surface area contributed by atoms with Crippen LogP contribution in [0.2, 0.25) is 0 Å². The molecule has 1 N–H and O–H groups in total.